The van der Waals surface area contributed by atoms with Gasteiger partial charge in [0, 0.05) is 15.3 Å². The number of H-pyrrole nitrogens is 1. The molecule has 0 amide bonds. The van der Waals surface area contributed by atoms with E-state index in [0.717, 1.165) is 35.0 Å². The maximum Gasteiger partial charge on any atom is 0.260 e. The fourth-order valence-corrected chi connectivity index (χ4v) is 5.52. The number of hydrogen-bond donors (Lipinski definition) is 1. The Morgan fingerprint density at radius 2 is 1.96 bits per heavy atom. The summed E-state index contributed by atoms with van der Waals surface area (Å²) in [5.41, 5.74) is 2.51. The van der Waals surface area contributed by atoms with Crippen LogP contribution in [0.3, 0.4) is 0 Å². The topological polar surface area (TPSA) is 45.8 Å². The molecular formula is C21H24N2OS2. The normalized spacial score (nSPS) is 17.5. The van der Waals surface area contributed by atoms with Gasteiger partial charge in [0.15, 0.2) is 0 Å². The van der Waals surface area contributed by atoms with Gasteiger partial charge in [0.1, 0.15) is 10.7 Å². The van der Waals surface area contributed by atoms with Crippen LogP contribution in [0.5, 0.6) is 0 Å². The van der Waals surface area contributed by atoms with E-state index in [9.17, 15) is 4.79 Å². The monoisotopic (exact) mass is 384 g/mol. The third-order valence-corrected chi connectivity index (χ3v) is 7.40. The molecule has 0 radical (unpaired) electrons. The Balaban J connectivity index is 1.78. The zero-order chi connectivity index (χ0) is 18.5. The largest absolute Gasteiger partial charge is 0.306 e. The van der Waals surface area contributed by atoms with E-state index >= 15 is 0 Å². The number of nitrogens with one attached hydrogen (secondary N) is 1. The summed E-state index contributed by atoms with van der Waals surface area (Å²) in [4.78, 5) is 24.1. The molecule has 5 heteroatoms. The van der Waals surface area contributed by atoms with Crippen LogP contribution in [0.25, 0.3) is 21.6 Å². The number of hydrogen-bond acceptors (Lipinski definition) is 4. The minimum atomic E-state index is 0.00523. The first-order valence-corrected chi connectivity index (χ1v) is 11.1. The summed E-state index contributed by atoms with van der Waals surface area (Å²) in [6.07, 6.45) is 5.27. The minimum Gasteiger partial charge on any atom is -0.306 e. The smallest absolute Gasteiger partial charge is 0.260 e. The highest BCUT2D eigenvalue weighted by Crippen LogP contribution is 2.42. The van der Waals surface area contributed by atoms with Gasteiger partial charge in [0.25, 0.3) is 5.56 Å². The summed E-state index contributed by atoms with van der Waals surface area (Å²) >= 11 is 3.42. The molecule has 3 nitrogen and oxygen atoms in total. The van der Waals surface area contributed by atoms with Gasteiger partial charge in [-0.05, 0) is 54.5 Å². The zero-order valence-electron chi connectivity index (χ0n) is 15.7. The number of fused-ring (bicyclic) bond motifs is 3. The molecule has 0 saturated carbocycles. The molecule has 0 aliphatic heterocycles. The lowest BCUT2D eigenvalue weighted by Gasteiger charge is -2.33. The van der Waals surface area contributed by atoms with E-state index in [1.807, 2.05) is 12.1 Å². The van der Waals surface area contributed by atoms with Crippen LogP contribution >= 0.6 is 23.1 Å². The van der Waals surface area contributed by atoms with Crippen molar-refractivity contribution in [1.82, 2.24) is 9.97 Å². The van der Waals surface area contributed by atoms with Crippen molar-refractivity contribution in [2.45, 2.75) is 44.9 Å². The van der Waals surface area contributed by atoms with Crippen molar-refractivity contribution in [2.75, 3.05) is 6.26 Å². The number of benzene rings is 1. The van der Waals surface area contributed by atoms with Crippen LogP contribution in [0.15, 0.2) is 34.0 Å². The van der Waals surface area contributed by atoms with Gasteiger partial charge < -0.3 is 4.98 Å². The van der Waals surface area contributed by atoms with Gasteiger partial charge in [-0.1, -0.05) is 32.9 Å². The third-order valence-electron chi connectivity index (χ3n) is 5.51. The van der Waals surface area contributed by atoms with E-state index in [-0.39, 0.29) is 5.56 Å². The van der Waals surface area contributed by atoms with E-state index in [4.69, 9.17) is 4.98 Å². The van der Waals surface area contributed by atoms with Gasteiger partial charge in [-0.2, -0.15) is 0 Å². The number of thiophene rings is 1. The van der Waals surface area contributed by atoms with Gasteiger partial charge in [-0.3, -0.25) is 4.79 Å². The summed E-state index contributed by atoms with van der Waals surface area (Å²) in [5, 5.41) is 0.821. The highest BCUT2D eigenvalue weighted by Gasteiger charge is 2.31. The number of aryl methyl sites for hydroxylation is 1. The average Bonchev–Trinajstić information content (AvgIpc) is 2.99. The van der Waals surface area contributed by atoms with Crippen LogP contribution < -0.4 is 5.56 Å². The molecule has 4 rings (SSSR count). The molecule has 1 unspecified atom stereocenters. The average molecular weight is 385 g/mol. The van der Waals surface area contributed by atoms with Crippen molar-refractivity contribution in [3.05, 3.63) is 45.1 Å². The van der Waals surface area contributed by atoms with Gasteiger partial charge in [-0.15, -0.1) is 23.1 Å². The Labute approximate surface area is 162 Å². The minimum absolute atomic E-state index is 0.00523. The SMILES string of the molecule is CSc1ccc(-c2nc3sc4c(c3c(=O)[nH]2)CCC(C(C)(C)C)C4)cc1. The number of nitrogens with zero attached hydrogens (tertiary/aromatic N) is 1. The van der Waals surface area contributed by atoms with Crippen LogP contribution in [0.2, 0.25) is 0 Å². The van der Waals surface area contributed by atoms with Crippen LogP contribution in [0.4, 0.5) is 0 Å². The summed E-state index contributed by atoms with van der Waals surface area (Å²) in [7, 11) is 0. The second-order valence-electron chi connectivity index (χ2n) is 8.13. The Kier molecular flexibility index (Phi) is 4.48. The van der Waals surface area contributed by atoms with Crippen molar-refractivity contribution in [1.29, 1.82) is 0 Å². The van der Waals surface area contributed by atoms with E-state index in [1.54, 1.807) is 23.1 Å². The lowest BCUT2D eigenvalue weighted by molar-refractivity contribution is 0.218. The maximum atomic E-state index is 12.8. The fourth-order valence-electron chi connectivity index (χ4n) is 3.81. The standard InChI is InChI=1S/C21H24N2OS2/c1-21(2,3)13-7-10-15-16(11-13)26-20-17(15)19(24)22-18(23-20)12-5-8-14(25-4)9-6-12/h5-6,8-9,13H,7,10-11H2,1-4H3,(H,22,23,24). The number of aromatic nitrogens is 2. The Hall–Kier alpha value is -1.59. The second kappa shape index (κ2) is 6.54. The molecule has 0 saturated heterocycles. The summed E-state index contributed by atoms with van der Waals surface area (Å²) in [6.45, 7) is 6.95. The van der Waals surface area contributed by atoms with Crippen LogP contribution in [0.1, 0.15) is 37.6 Å². The Morgan fingerprint density at radius 3 is 2.62 bits per heavy atom. The second-order valence-corrected chi connectivity index (χ2v) is 10.1. The predicted molar refractivity (Wildman–Crippen MR) is 112 cm³/mol. The third kappa shape index (κ3) is 3.12. The quantitative estimate of drug-likeness (QED) is 0.591. The first-order valence-electron chi connectivity index (χ1n) is 9.06. The van der Waals surface area contributed by atoms with Gasteiger partial charge >= 0.3 is 0 Å². The first kappa shape index (κ1) is 17.8. The molecule has 1 aromatic carbocycles. The van der Waals surface area contributed by atoms with E-state index in [2.05, 4.69) is 44.1 Å². The molecule has 136 valence electrons. The Bertz CT molecular complexity index is 1010. The van der Waals surface area contributed by atoms with Crippen LogP contribution in [-0.2, 0) is 12.8 Å². The molecule has 1 atom stereocenters. The van der Waals surface area contributed by atoms with E-state index in [0.29, 0.717) is 17.2 Å². The van der Waals surface area contributed by atoms with Crippen LogP contribution in [-0.4, -0.2) is 16.2 Å². The van der Waals surface area contributed by atoms with Crippen molar-refractivity contribution < 1.29 is 0 Å². The molecule has 26 heavy (non-hydrogen) atoms. The molecule has 0 spiro atoms. The van der Waals surface area contributed by atoms with Crippen molar-refractivity contribution in [2.24, 2.45) is 11.3 Å². The number of thioether (sulfide) groups is 1. The van der Waals surface area contributed by atoms with Crippen molar-refractivity contribution in [3.8, 4) is 11.4 Å². The first-order chi connectivity index (χ1) is 12.4. The van der Waals surface area contributed by atoms with Crippen LogP contribution in [0, 0.1) is 11.3 Å². The van der Waals surface area contributed by atoms with Gasteiger partial charge in [0.2, 0.25) is 0 Å². The molecule has 2 aromatic heterocycles. The summed E-state index contributed by atoms with van der Waals surface area (Å²) < 4.78 is 0. The lowest BCUT2D eigenvalue weighted by atomic mass is 9.72. The maximum absolute atomic E-state index is 12.8. The van der Waals surface area contributed by atoms with E-state index in [1.165, 1.54) is 15.3 Å². The molecule has 2 heterocycles. The molecule has 0 fully saturated rings. The predicted octanol–water partition coefficient (Wildman–Crippen LogP) is 5.52. The van der Waals surface area contributed by atoms with Crippen molar-refractivity contribution in [3.63, 3.8) is 0 Å². The molecule has 1 N–H and O–H groups in total. The summed E-state index contributed by atoms with van der Waals surface area (Å²) in [5.74, 6) is 1.34. The molecule has 1 aliphatic rings. The Morgan fingerprint density at radius 1 is 1.23 bits per heavy atom. The van der Waals surface area contributed by atoms with E-state index < -0.39 is 0 Å². The highest BCUT2D eigenvalue weighted by atomic mass is 32.2. The zero-order valence-corrected chi connectivity index (χ0v) is 17.3. The molecule has 3 aromatic rings. The molecule has 1 aliphatic carbocycles. The number of aromatic amines is 1. The lowest BCUT2D eigenvalue weighted by Crippen LogP contribution is -2.26. The molecular weight excluding hydrogens is 360 g/mol. The fraction of sp³-hybridized carbons (Fsp3) is 0.429. The molecule has 0 bridgehead atoms. The van der Waals surface area contributed by atoms with Gasteiger partial charge in [0.05, 0.1) is 5.39 Å². The summed E-state index contributed by atoms with van der Waals surface area (Å²) in [6, 6.07) is 8.19. The highest BCUT2D eigenvalue weighted by molar-refractivity contribution is 7.98. The van der Waals surface area contributed by atoms with Crippen molar-refractivity contribution >= 4 is 33.3 Å². The van der Waals surface area contributed by atoms with Gasteiger partial charge in [-0.25, -0.2) is 4.98 Å². The number of rotatable bonds is 2.